The molecule has 0 spiro atoms. The summed E-state index contributed by atoms with van der Waals surface area (Å²) in [6.45, 7) is 2.24. The Morgan fingerprint density at radius 3 is 3.06 bits per heavy atom. The Morgan fingerprint density at radius 2 is 2.47 bits per heavy atom. The van der Waals surface area contributed by atoms with Gasteiger partial charge in [-0.2, -0.15) is 0 Å². The minimum absolute atomic E-state index is 0.0747. The Labute approximate surface area is 105 Å². The zero-order valence-electron chi connectivity index (χ0n) is 9.61. The molecule has 1 saturated heterocycles. The first kappa shape index (κ1) is 12.3. The monoisotopic (exact) mass is 254 g/mol. The van der Waals surface area contributed by atoms with E-state index >= 15 is 0 Å². The van der Waals surface area contributed by atoms with Crippen LogP contribution in [0.4, 0.5) is 5.69 Å². The second kappa shape index (κ2) is 5.44. The minimum Gasteiger partial charge on any atom is -0.322 e. The smallest absolute Gasteiger partial charge is 0.238 e. The zero-order valence-corrected chi connectivity index (χ0v) is 10.4. The molecule has 1 aromatic heterocycles. The van der Waals surface area contributed by atoms with Gasteiger partial charge in [0.2, 0.25) is 5.91 Å². The quantitative estimate of drug-likeness (QED) is 0.772. The summed E-state index contributed by atoms with van der Waals surface area (Å²) in [5.41, 5.74) is 0.555. The normalized spacial score (nSPS) is 15.7. The van der Waals surface area contributed by atoms with E-state index in [1.165, 1.54) is 0 Å². The summed E-state index contributed by atoms with van der Waals surface area (Å²) in [7, 11) is 1.94. The summed E-state index contributed by atoms with van der Waals surface area (Å²) >= 11 is 5.86. The highest BCUT2D eigenvalue weighted by Crippen LogP contribution is 2.17. The number of nitrogens with zero attached hydrogens (tertiary/aromatic N) is 2. The fourth-order valence-corrected chi connectivity index (χ4v) is 1.78. The SMILES string of the molecule is CN(CC(=O)Nc1cccnc1Cl)C1CNC1. The Balaban J connectivity index is 1.86. The van der Waals surface area contributed by atoms with E-state index in [2.05, 4.69) is 15.6 Å². The summed E-state index contributed by atoms with van der Waals surface area (Å²) < 4.78 is 0. The van der Waals surface area contributed by atoms with E-state index in [1.807, 2.05) is 11.9 Å². The van der Waals surface area contributed by atoms with Crippen molar-refractivity contribution in [1.29, 1.82) is 0 Å². The molecule has 0 bridgehead atoms. The van der Waals surface area contributed by atoms with E-state index in [4.69, 9.17) is 11.6 Å². The van der Waals surface area contributed by atoms with Crippen LogP contribution in [0.1, 0.15) is 0 Å². The van der Waals surface area contributed by atoms with Crippen molar-refractivity contribution in [2.75, 3.05) is 32.0 Å². The van der Waals surface area contributed by atoms with Crippen LogP contribution in [0.5, 0.6) is 0 Å². The standard InChI is InChI=1S/C11H15ClN4O/c1-16(8-5-13-6-8)7-10(17)15-9-3-2-4-14-11(9)12/h2-4,8,13H,5-7H2,1H3,(H,15,17). The third kappa shape index (κ3) is 3.15. The van der Waals surface area contributed by atoms with Gasteiger partial charge >= 0.3 is 0 Å². The first-order valence-electron chi connectivity index (χ1n) is 5.48. The fourth-order valence-electron chi connectivity index (χ4n) is 1.61. The van der Waals surface area contributed by atoms with Gasteiger partial charge in [-0.05, 0) is 19.2 Å². The number of aromatic nitrogens is 1. The molecule has 0 aliphatic carbocycles. The minimum atomic E-state index is -0.0747. The van der Waals surface area contributed by atoms with Crippen LogP contribution in [-0.4, -0.2) is 48.5 Å². The number of anilines is 1. The first-order chi connectivity index (χ1) is 8.16. The summed E-state index contributed by atoms with van der Waals surface area (Å²) in [5.74, 6) is -0.0747. The number of pyridine rings is 1. The molecule has 5 nitrogen and oxygen atoms in total. The highest BCUT2D eigenvalue weighted by molar-refractivity contribution is 6.32. The number of hydrogen-bond acceptors (Lipinski definition) is 4. The van der Waals surface area contributed by atoms with Crippen molar-refractivity contribution in [3.05, 3.63) is 23.5 Å². The molecule has 2 rings (SSSR count). The zero-order chi connectivity index (χ0) is 12.3. The van der Waals surface area contributed by atoms with Crippen LogP contribution in [0.3, 0.4) is 0 Å². The number of nitrogens with one attached hydrogen (secondary N) is 2. The van der Waals surface area contributed by atoms with Crippen LogP contribution in [0.25, 0.3) is 0 Å². The van der Waals surface area contributed by atoms with Gasteiger partial charge in [-0.25, -0.2) is 4.98 Å². The van der Waals surface area contributed by atoms with Crippen molar-refractivity contribution in [2.24, 2.45) is 0 Å². The van der Waals surface area contributed by atoms with E-state index < -0.39 is 0 Å². The summed E-state index contributed by atoms with van der Waals surface area (Å²) in [6, 6.07) is 3.92. The molecule has 1 aliphatic heterocycles. The summed E-state index contributed by atoms with van der Waals surface area (Å²) in [4.78, 5) is 17.7. The number of halogens is 1. The molecule has 1 aromatic rings. The van der Waals surface area contributed by atoms with Gasteiger partial charge in [0.05, 0.1) is 12.2 Å². The van der Waals surface area contributed by atoms with Crippen LogP contribution < -0.4 is 10.6 Å². The van der Waals surface area contributed by atoms with E-state index in [1.54, 1.807) is 18.3 Å². The number of amides is 1. The van der Waals surface area contributed by atoms with Crippen LogP contribution in [0, 0.1) is 0 Å². The first-order valence-corrected chi connectivity index (χ1v) is 5.86. The van der Waals surface area contributed by atoms with Gasteiger partial charge in [-0.3, -0.25) is 9.69 Å². The molecule has 0 unspecified atom stereocenters. The Bertz CT molecular complexity index is 408. The second-order valence-electron chi connectivity index (χ2n) is 4.12. The van der Waals surface area contributed by atoms with Gasteiger partial charge in [0.1, 0.15) is 0 Å². The van der Waals surface area contributed by atoms with Crippen molar-refractivity contribution in [2.45, 2.75) is 6.04 Å². The fraction of sp³-hybridized carbons (Fsp3) is 0.455. The van der Waals surface area contributed by atoms with Crippen LogP contribution in [0.15, 0.2) is 18.3 Å². The van der Waals surface area contributed by atoms with Crippen molar-refractivity contribution in [1.82, 2.24) is 15.2 Å². The average molecular weight is 255 g/mol. The second-order valence-corrected chi connectivity index (χ2v) is 4.48. The third-order valence-corrected chi connectivity index (χ3v) is 3.11. The van der Waals surface area contributed by atoms with E-state index in [0.717, 1.165) is 13.1 Å². The van der Waals surface area contributed by atoms with Crippen LogP contribution >= 0.6 is 11.6 Å². The maximum Gasteiger partial charge on any atom is 0.238 e. The number of hydrogen-bond donors (Lipinski definition) is 2. The lowest BCUT2D eigenvalue weighted by Gasteiger charge is -2.35. The van der Waals surface area contributed by atoms with Crippen LogP contribution in [0.2, 0.25) is 5.15 Å². The predicted octanol–water partition coefficient (Wildman–Crippen LogP) is 0.577. The molecule has 0 aromatic carbocycles. The topological polar surface area (TPSA) is 57.3 Å². The predicted molar refractivity (Wildman–Crippen MR) is 67.2 cm³/mol. The number of likely N-dealkylation sites (N-methyl/N-ethyl adjacent to an activating group) is 1. The summed E-state index contributed by atoms with van der Waals surface area (Å²) in [5, 5.41) is 6.23. The van der Waals surface area contributed by atoms with Gasteiger partial charge in [0, 0.05) is 25.3 Å². The highest BCUT2D eigenvalue weighted by Gasteiger charge is 2.23. The van der Waals surface area contributed by atoms with Crippen molar-refractivity contribution >= 4 is 23.2 Å². The molecular formula is C11H15ClN4O. The van der Waals surface area contributed by atoms with E-state index in [-0.39, 0.29) is 5.91 Å². The molecule has 0 saturated carbocycles. The molecule has 1 aliphatic rings. The average Bonchev–Trinajstić information content (AvgIpc) is 2.18. The van der Waals surface area contributed by atoms with Crippen molar-refractivity contribution in [3.63, 3.8) is 0 Å². The van der Waals surface area contributed by atoms with E-state index in [9.17, 15) is 4.79 Å². The Morgan fingerprint density at radius 1 is 1.71 bits per heavy atom. The molecular weight excluding hydrogens is 240 g/mol. The summed E-state index contributed by atoms with van der Waals surface area (Å²) in [6.07, 6.45) is 1.59. The molecule has 6 heteroatoms. The van der Waals surface area contributed by atoms with Gasteiger partial charge in [0.25, 0.3) is 0 Å². The maximum absolute atomic E-state index is 11.8. The molecule has 92 valence electrons. The van der Waals surface area contributed by atoms with Crippen molar-refractivity contribution < 1.29 is 4.79 Å². The molecule has 0 radical (unpaired) electrons. The number of rotatable bonds is 4. The maximum atomic E-state index is 11.8. The number of carbonyl (C=O) groups excluding carboxylic acids is 1. The van der Waals surface area contributed by atoms with Gasteiger partial charge in [-0.15, -0.1) is 0 Å². The molecule has 2 heterocycles. The lowest BCUT2D eigenvalue weighted by atomic mass is 10.1. The molecule has 17 heavy (non-hydrogen) atoms. The molecule has 2 N–H and O–H groups in total. The Kier molecular flexibility index (Phi) is 3.93. The molecule has 1 amide bonds. The van der Waals surface area contributed by atoms with Gasteiger partial charge in [0.15, 0.2) is 5.15 Å². The van der Waals surface area contributed by atoms with Crippen LogP contribution in [-0.2, 0) is 4.79 Å². The van der Waals surface area contributed by atoms with Crippen molar-refractivity contribution in [3.8, 4) is 0 Å². The lowest BCUT2D eigenvalue weighted by Crippen LogP contribution is -2.57. The third-order valence-electron chi connectivity index (χ3n) is 2.81. The van der Waals surface area contributed by atoms with Gasteiger partial charge < -0.3 is 10.6 Å². The lowest BCUT2D eigenvalue weighted by molar-refractivity contribution is -0.117. The highest BCUT2D eigenvalue weighted by atomic mass is 35.5. The van der Waals surface area contributed by atoms with Gasteiger partial charge in [-0.1, -0.05) is 11.6 Å². The number of carbonyl (C=O) groups is 1. The van der Waals surface area contributed by atoms with E-state index in [0.29, 0.717) is 23.4 Å². The molecule has 1 fully saturated rings. The molecule has 0 atom stereocenters. The Hall–Kier alpha value is -1.17. The largest absolute Gasteiger partial charge is 0.322 e.